The lowest BCUT2D eigenvalue weighted by Gasteiger charge is -2.10. The Kier molecular flexibility index (Phi) is 4.47. The molecule has 1 aromatic rings. The molecule has 1 rings (SSSR count). The molecule has 0 saturated heterocycles. The van der Waals surface area contributed by atoms with E-state index in [-0.39, 0.29) is 12.1 Å². The second kappa shape index (κ2) is 5.20. The van der Waals surface area contributed by atoms with Crippen LogP contribution < -0.4 is 0 Å². The smallest absolute Gasteiger partial charge is 0.282 e. The Morgan fingerprint density at radius 2 is 0.864 bits per heavy atom. The van der Waals surface area contributed by atoms with Crippen LogP contribution in [-0.4, -0.2) is 51.9 Å². The molecule has 0 radical (unpaired) electrons. The maximum Gasteiger partial charge on any atom is 0.297 e. The molecule has 0 aliphatic carbocycles. The van der Waals surface area contributed by atoms with Crippen molar-refractivity contribution >= 4 is 40.5 Å². The highest BCUT2D eigenvalue weighted by Gasteiger charge is 2.34. The Balaban J connectivity index is 4.34. The molecule has 12 nitrogen and oxygen atoms in total. The van der Waals surface area contributed by atoms with E-state index in [4.69, 9.17) is 18.2 Å². The lowest BCUT2D eigenvalue weighted by atomic mass is 10.3. The van der Waals surface area contributed by atoms with Crippen LogP contribution in [0, 0.1) is 0 Å². The van der Waals surface area contributed by atoms with E-state index < -0.39 is 60.1 Å². The first-order valence-corrected chi connectivity index (χ1v) is 10.3. The molecule has 0 fully saturated rings. The molecule has 0 unspecified atom stereocenters. The average Bonchev–Trinajstić information content (AvgIpc) is 2.22. The molecular weight excluding hydrogens is 392 g/mol. The van der Waals surface area contributed by atoms with Crippen molar-refractivity contribution in [3.63, 3.8) is 0 Å². The van der Waals surface area contributed by atoms with Crippen molar-refractivity contribution in [2.75, 3.05) is 0 Å². The van der Waals surface area contributed by atoms with E-state index in [0.717, 1.165) is 0 Å². The van der Waals surface area contributed by atoms with Crippen LogP contribution in [0.25, 0.3) is 0 Å². The largest absolute Gasteiger partial charge is 0.297 e. The van der Waals surface area contributed by atoms with Crippen molar-refractivity contribution < 1.29 is 51.9 Å². The van der Waals surface area contributed by atoms with Gasteiger partial charge in [0.15, 0.2) is 0 Å². The predicted molar refractivity (Wildman–Crippen MR) is 65.7 cm³/mol. The highest BCUT2D eigenvalue weighted by atomic mass is 32.2. The predicted octanol–water partition coefficient (Wildman–Crippen LogP) is -1.33. The second-order valence-corrected chi connectivity index (χ2v) is 9.21. The monoisotopic (exact) mass is 398 g/mol. The molecule has 0 aromatic heterocycles. The number of hydrogen-bond donors (Lipinski definition) is 4. The maximum atomic E-state index is 11.1. The Morgan fingerprint density at radius 3 is 1.05 bits per heavy atom. The van der Waals surface area contributed by atoms with E-state index in [9.17, 15) is 33.7 Å². The molecule has 22 heavy (non-hydrogen) atoms. The second-order valence-electron chi connectivity index (χ2n) is 3.65. The van der Waals surface area contributed by atoms with E-state index >= 15 is 0 Å². The van der Waals surface area contributed by atoms with Crippen LogP contribution in [0.15, 0.2) is 31.7 Å². The summed E-state index contributed by atoms with van der Waals surface area (Å²) in [6.45, 7) is 0. The zero-order valence-electron chi connectivity index (χ0n) is 9.84. The zero-order chi connectivity index (χ0) is 17.7. The molecule has 1 aromatic carbocycles. The summed E-state index contributed by atoms with van der Waals surface area (Å²) in [5, 5.41) is 0. The van der Waals surface area contributed by atoms with Crippen molar-refractivity contribution in [1.29, 1.82) is 0 Å². The van der Waals surface area contributed by atoms with Crippen LogP contribution in [0.2, 0.25) is 0 Å². The normalized spacial score (nSPS) is 14.0. The average molecular weight is 398 g/mol. The van der Waals surface area contributed by atoms with Gasteiger partial charge in [-0.3, -0.25) is 18.2 Å². The molecular formula is C6H6O12S4. The van der Waals surface area contributed by atoms with Crippen molar-refractivity contribution in [3.05, 3.63) is 12.1 Å². The summed E-state index contributed by atoms with van der Waals surface area (Å²) in [6, 6.07) is -0.245. The zero-order valence-corrected chi connectivity index (χ0v) is 13.1. The fourth-order valence-electron chi connectivity index (χ4n) is 1.34. The summed E-state index contributed by atoms with van der Waals surface area (Å²) in [5.74, 6) is 0. The fourth-order valence-corrected chi connectivity index (χ4v) is 5.22. The summed E-state index contributed by atoms with van der Waals surface area (Å²) in [5.41, 5.74) is 0. The van der Waals surface area contributed by atoms with E-state index in [1.807, 2.05) is 0 Å². The van der Waals surface area contributed by atoms with Gasteiger partial charge in [0, 0.05) is 0 Å². The third-order valence-electron chi connectivity index (χ3n) is 2.11. The Hall–Kier alpha value is -1.14. The van der Waals surface area contributed by atoms with Gasteiger partial charge in [0.1, 0.15) is 14.7 Å². The van der Waals surface area contributed by atoms with Gasteiger partial charge in [-0.1, -0.05) is 0 Å². The van der Waals surface area contributed by atoms with E-state index in [2.05, 4.69) is 0 Å². The van der Waals surface area contributed by atoms with E-state index in [1.165, 1.54) is 0 Å². The van der Waals surface area contributed by atoms with Gasteiger partial charge in [0.05, 0.1) is 4.90 Å². The standard InChI is InChI=1S/C6H6O12S4/c7-19(8,9)3-1-4(20(10,11)12)6(22(16,17)18)5(2-3)21(13,14)15/h1-2H,(H,7,8,9)(H,10,11,12)(H,13,14,15)(H,16,17,18). The number of benzene rings is 1. The molecule has 126 valence electrons. The number of hydrogen-bond acceptors (Lipinski definition) is 8. The Labute approximate surface area is 124 Å². The van der Waals surface area contributed by atoms with Crippen LogP contribution in [0.4, 0.5) is 0 Å². The lowest BCUT2D eigenvalue weighted by molar-refractivity contribution is 0.453. The van der Waals surface area contributed by atoms with Gasteiger partial charge in [-0.25, -0.2) is 0 Å². The molecule has 16 heteroatoms. The number of rotatable bonds is 4. The molecule has 0 bridgehead atoms. The minimum atomic E-state index is -5.65. The Bertz CT molecular complexity index is 988. The Morgan fingerprint density at radius 1 is 0.545 bits per heavy atom. The quantitative estimate of drug-likeness (QED) is 0.434. The van der Waals surface area contributed by atoms with Crippen molar-refractivity contribution in [2.45, 2.75) is 19.6 Å². The summed E-state index contributed by atoms with van der Waals surface area (Å²) in [7, 11) is -22.1. The van der Waals surface area contributed by atoms with Crippen molar-refractivity contribution in [2.24, 2.45) is 0 Å². The summed E-state index contributed by atoms with van der Waals surface area (Å²) < 4.78 is 124. The fraction of sp³-hybridized carbons (Fsp3) is 0. The first kappa shape index (κ1) is 18.9. The SMILES string of the molecule is O=S(=O)(O)c1cc(S(=O)(=O)O)c(S(=O)(=O)O)c(S(=O)(=O)O)c1. The minimum Gasteiger partial charge on any atom is -0.282 e. The maximum absolute atomic E-state index is 11.1. The van der Waals surface area contributed by atoms with Crippen LogP contribution in [-0.2, 0) is 40.5 Å². The third kappa shape index (κ3) is 3.98. The molecule has 0 saturated carbocycles. The summed E-state index contributed by atoms with van der Waals surface area (Å²) in [6.07, 6.45) is 0. The highest BCUT2D eigenvalue weighted by Crippen LogP contribution is 2.31. The van der Waals surface area contributed by atoms with Crippen molar-refractivity contribution in [1.82, 2.24) is 0 Å². The molecule has 0 heterocycles. The van der Waals surface area contributed by atoms with Gasteiger partial charge in [0.2, 0.25) is 0 Å². The molecule has 0 amide bonds. The molecule has 4 N–H and O–H groups in total. The molecule has 0 atom stereocenters. The third-order valence-corrected chi connectivity index (χ3v) is 5.91. The van der Waals surface area contributed by atoms with Crippen molar-refractivity contribution in [3.8, 4) is 0 Å². The molecule has 0 aliphatic rings. The lowest BCUT2D eigenvalue weighted by Crippen LogP contribution is -2.16. The van der Waals surface area contributed by atoms with Gasteiger partial charge in [-0.05, 0) is 12.1 Å². The molecule has 0 aliphatic heterocycles. The van der Waals surface area contributed by atoms with Gasteiger partial charge in [-0.15, -0.1) is 0 Å². The van der Waals surface area contributed by atoms with Gasteiger partial charge in [0.25, 0.3) is 40.5 Å². The summed E-state index contributed by atoms with van der Waals surface area (Å²) >= 11 is 0. The first-order chi connectivity index (χ1) is 9.45. The van der Waals surface area contributed by atoms with E-state index in [1.54, 1.807) is 0 Å². The first-order valence-electron chi connectivity index (χ1n) is 4.53. The van der Waals surface area contributed by atoms with Gasteiger partial charge < -0.3 is 0 Å². The molecule has 0 spiro atoms. The minimum absolute atomic E-state index is 0.123. The topological polar surface area (TPSA) is 217 Å². The van der Waals surface area contributed by atoms with Gasteiger partial charge in [-0.2, -0.15) is 33.7 Å². The van der Waals surface area contributed by atoms with Crippen LogP contribution in [0.1, 0.15) is 0 Å². The van der Waals surface area contributed by atoms with Crippen LogP contribution in [0.5, 0.6) is 0 Å². The van der Waals surface area contributed by atoms with Crippen LogP contribution in [0.3, 0.4) is 0 Å². The highest BCUT2D eigenvalue weighted by molar-refractivity contribution is 7.90. The van der Waals surface area contributed by atoms with Gasteiger partial charge >= 0.3 is 0 Å². The summed E-state index contributed by atoms with van der Waals surface area (Å²) in [4.78, 5) is -7.21. The van der Waals surface area contributed by atoms with Crippen LogP contribution >= 0.6 is 0 Å². The van der Waals surface area contributed by atoms with E-state index in [0.29, 0.717) is 0 Å².